The van der Waals surface area contributed by atoms with Crippen molar-refractivity contribution in [2.24, 2.45) is 23.7 Å². The van der Waals surface area contributed by atoms with Gasteiger partial charge in [-0.25, -0.2) is 0 Å². The molecule has 0 heterocycles. The molecule has 13 heavy (non-hydrogen) atoms. The molecule has 4 unspecified atom stereocenters. The third-order valence-corrected chi connectivity index (χ3v) is 3.68. The highest BCUT2D eigenvalue weighted by Gasteiger charge is 2.49. The number of allylic oxidation sites excluding steroid dienone is 5. The fourth-order valence-corrected chi connectivity index (χ4v) is 3.13. The van der Waals surface area contributed by atoms with Gasteiger partial charge in [0.25, 0.3) is 0 Å². The van der Waals surface area contributed by atoms with Gasteiger partial charge in [-0.1, -0.05) is 30.4 Å². The molecule has 4 atom stereocenters. The van der Waals surface area contributed by atoms with Crippen molar-refractivity contribution in [3.63, 3.8) is 0 Å². The number of hydrogen-bond acceptors (Lipinski definition) is 1. The van der Waals surface area contributed by atoms with Gasteiger partial charge in [-0.2, -0.15) is 0 Å². The molecule has 0 aliphatic heterocycles. The van der Waals surface area contributed by atoms with Crippen molar-refractivity contribution in [3.8, 4) is 0 Å². The Kier molecular flexibility index (Phi) is 1.25. The van der Waals surface area contributed by atoms with Crippen LogP contribution in [0, 0.1) is 23.7 Å². The monoisotopic (exact) mass is 172 g/mol. The van der Waals surface area contributed by atoms with Crippen molar-refractivity contribution >= 4 is 5.78 Å². The maximum Gasteiger partial charge on any atom is 0.159 e. The van der Waals surface area contributed by atoms with Gasteiger partial charge in [-0.05, 0) is 24.3 Å². The number of fused-ring (bicyclic) bond motifs is 5. The van der Waals surface area contributed by atoms with E-state index in [9.17, 15) is 4.79 Å². The third kappa shape index (κ3) is 0.796. The largest absolute Gasteiger partial charge is 0.294 e. The number of ketones is 1. The smallest absolute Gasteiger partial charge is 0.159 e. The normalized spacial score (nSPS) is 45.8. The van der Waals surface area contributed by atoms with E-state index in [-0.39, 0.29) is 5.92 Å². The summed E-state index contributed by atoms with van der Waals surface area (Å²) in [4.78, 5) is 11.6. The molecule has 0 aromatic carbocycles. The zero-order valence-corrected chi connectivity index (χ0v) is 7.44. The van der Waals surface area contributed by atoms with E-state index in [0.717, 1.165) is 5.57 Å². The Labute approximate surface area is 77.8 Å². The summed E-state index contributed by atoms with van der Waals surface area (Å²) in [7, 11) is 0. The van der Waals surface area contributed by atoms with Crippen LogP contribution in [0.5, 0.6) is 0 Å². The molecule has 2 bridgehead atoms. The lowest BCUT2D eigenvalue weighted by Gasteiger charge is -2.29. The molecule has 0 saturated heterocycles. The van der Waals surface area contributed by atoms with Gasteiger partial charge >= 0.3 is 0 Å². The van der Waals surface area contributed by atoms with Gasteiger partial charge in [0.15, 0.2) is 5.78 Å². The van der Waals surface area contributed by atoms with Gasteiger partial charge in [0, 0.05) is 11.8 Å². The quantitative estimate of drug-likeness (QED) is 0.511. The highest BCUT2D eigenvalue weighted by atomic mass is 16.1. The van der Waals surface area contributed by atoms with Crippen molar-refractivity contribution in [2.75, 3.05) is 0 Å². The first-order valence-electron chi connectivity index (χ1n) is 4.86. The maximum absolute atomic E-state index is 11.6. The van der Waals surface area contributed by atoms with Crippen LogP contribution in [0.4, 0.5) is 0 Å². The Bertz CT molecular complexity index is 316. The average molecular weight is 172 g/mol. The van der Waals surface area contributed by atoms with Gasteiger partial charge in [0.1, 0.15) is 0 Å². The Morgan fingerprint density at radius 3 is 2.54 bits per heavy atom. The molecular formula is C12H12O. The molecule has 1 heteroatoms. The van der Waals surface area contributed by atoms with Gasteiger partial charge < -0.3 is 0 Å². The summed E-state index contributed by atoms with van der Waals surface area (Å²) in [5, 5.41) is 0. The van der Waals surface area contributed by atoms with E-state index in [1.165, 1.54) is 6.42 Å². The van der Waals surface area contributed by atoms with Crippen molar-refractivity contribution in [2.45, 2.75) is 6.42 Å². The lowest BCUT2D eigenvalue weighted by atomic mass is 9.73. The minimum atomic E-state index is 0.229. The van der Waals surface area contributed by atoms with Crippen LogP contribution in [0.15, 0.2) is 36.5 Å². The highest BCUT2D eigenvalue weighted by Crippen LogP contribution is 2.52. The lowest BCUT2D eigenvalue weighted by molar-refractivity contribution is -0.120. The molecule has 3 aliphatic carbocycles. The molecule has 3 rings (SSSR count). The molecule has 1 saturated carbocycles. The van der Waals surface area contributed by atoms with E-state index in [2.05, 4.69) is 18.7 Å². The Balaban J connectivity index is 2.09. The van der Waals surface area contributed by atoms with E-state index < -0.39 is 0 Å². The van der Waals surface area contributed by atoms with Gasteiger partial charge in [-0.15, -0.1) is 0 Å². The summed E-state index contributed by atoms with van der Waals surface area (Å²) in [5.74, 6) is 2.06. The second kappa shape index (κ2) is 2.22. The van der Waals surface area contributed by atoms with Crippen molar-refractivity contribution in [3.05, 3.63) is 36.5 Å². The molecule has 1 fully saturated rings. The van der Waals surface area contributed by atoms with E-state index in [0.29, 0.717) is 23.5 Å². The van der Waals surface area contributed by atoms with Crippen molar-refractivity contribution in [1.29, 1.82) is 0 Å². The predicted octanol–water partition coefficient (Wildman–Crippen LogP) is 2.12. The first-order valence-corrected chi connectivity index (χ1v) is 4.86. The van der Waals surface area contributed by atoms with E-state index >= 15 is 0 Å². The van der Waals surface area contributed by atoms with Crippen molar-refractivity contribution < 1.29 is 4.79 Å². The zero-order valence-electron chi connectivity index (χ0n) is 7.44. The number of rotatable bonds is 0. The number of carbonyl (C=O) groups is 1. The summed E-state index contributed by atoms with van der Waals surface area (Å²) in [6.07, 6.45) is 9.26. The molecular weight excluding hydrogens is 160 g/mol. The van der Waals surface area contributed by atoms with Crippen LogP contribution in [-0.2, 0) is 4.79 Å². The fraction of sp³-hybridized carbons (Fsp3) is 0.417. The van der Waals surface area contributed by atoms with Gasteiger partial charge in [-0.3, -0.25) is 4.79 Å². The second-order valence-electron chi connectivity index (χ2n) is 4.31. The highest BCUT2D eigenvalue weighted by molar-refractivity contribution is 5.95. The van der Waals surface area contributed by atoms with Gasteiger partial charge in [0.2, 0.25) is 0 Å². The first kappa shape index (κ1) is 7.31. The molecule has 0 N–H and O–H groups in total. The topological polar surface area (TPSA) is 17.1 Å². The Morgan fingerprint density at radius 1 is 1.15 bits per heavy atom. The van der Waals surface area contributed by atoms with Gasteiger partial charge in [0.05, 0.1) is 0 Å². The number of hydrogen-bond donors (Lipinski definition) is 0. The molecule has 0 aromatic rings. The van der Waals surface area contributed by atoms with Crippen LogP contribution >= 0.6 is 0 Å². The molecule has 0 spiro atoms. The van der Waals surface area contributed by atoms with Crippen LogP contribution in [0.2, 0.25) is 0 Å². The standard InChI is InChI=1S/C12H12O/c1-7-2-5-10(13)12-9-4-3-8(6-9)11(7)12/h2-5,8-9,11-12H,1,6H2. The molecule has 0 aromatic heterocycles. The lowest BCUT2D eigenvalue weighted by Crippen LogP contribution is -2.29. The summed E-state index contributed by atoms with van der Waals surface area (Å²) in [6, 6.07) is 0. The Hall–Kier alpha value is -1.11. The summed E-state index contributed by atoms with van der Waals surface area (Å²) >= 11 is 0. The number of carbonyl (C=O) groups excluding carboxylic acids is 1. The van der Waals surface area contributed by atoms with Crippen LogP contribution in [0.3, 0.4) is 0 Å². The fourth-order valence-electron chi connectivity index (χ4n) is 3.13. The zero-order chi connectivity index (χ0) is 9.00. The van der Waals surface area contributed by atoms with Crippen molar-refractivity contribution in [1.82, 2.24) is 0 Å². The van der Waals surface area contributed by atoms with E-state index in [1.807, 2.05) is 6.08 Å². The summed E-state index contributed by atoms with van der Waals surface area (Å²) < 4.78 is 0. The second-order valence-corrected chi connectivity index (χ2v) is 4.31. The first-order chi connectivity index (χ1) is 6.27. The average Bonchev–Trinajstić information content (AvgIpc) is 2.70. The van der Waals surface area contributed by atoms with Crippen LogP contribution in [0.25, 0.3) is 0 Å². The third-order valence-electron chi connectivity index (χ3n) is 3.68. The van der Waals surface area contributed by atoms with E-state index in [4.69, 9.17) is 0 Å². The van der Waals surface area contributed by atoms with Crippen LogP contribution < -0.4 is 0 Å². The maximum atomic E-state index is 11.6. The SMILES string of the molecule is C=C1C=CC(=O)C2C3C=CC(C3)C12. The molecule has 1 nitrogen and oxygen atoms in total. The van der Waals surface area contributed by atoms with E-state index in [1.54, 1.807) is 6.08 Å². The molecule has 66 valence electrons. The summed E-state index contributed by atoms with van der Waals surface area (Å²) in [6.45, 7) is 4.04. The minimum Gasteiger partial charge on any atom is -0.294 e. The minimum absolute atomic E-state index is 0.229. The Morgan fingerprint density at radius 2 is 1.85 bits per heavy atom. The summed E-state index contributed by atoms with van der Waals surface area (Å²) in [5.41, 5.74) is 1.15. The molecule has 3 aliphatic rings. The van der Waals surface area contributed by atoms with Crippen LogP contribution in [0.1, 0.15) is 6.42 Å². The molecule has 0 amide bonds. The molecule has 0 radical (unpaired) electrons. The predicted molar refractivity (Wildman–Crippen MR) is 51.0 cm³/mol. The van der Waals surface area contributed by atoms with Crippen LogP contribution in [-0.4, -0.2) is 5.78 Å².